The molecule has 2 rings (SSSR count). The predicted molar refractivity (Wildman–Crippen MR) is 80.8 cm³/mol. The zero-order chi connectivity index (χ0) is 13.8. The van der Waals surface area contributed by atoms with Gasteiger partial charge >= 0.3 is 0 Å². The normalized spacial score (nSPS) is 12.4. The molecule has 4 heteroatoms. The summed E-state index contributed by atoms with van der Waals surface area (Å²) in [6.07, 6.45) is 0. The zero-order valence-corrected chi connectivity index (χ0v) is 12.8. The Hall–Kier alpha value is -0.900. The summed E-state index contributed by atoms with van der Waals surface area (Å²) in [6.45, 7) is 2.67. The minimum Gasteiger partial charge on any atom is -0.306 e. The Morgan fingerprint density at radius 3 is 2.74 bits per heavy atom. The van der Waals surface area contributed by atoms with Gasteiger partial charge in [-0.1, -0.05) is 29.8 Å². The van der Waals surface area contributed by atoms with E-state index in [-0.39, 0.29) is 11.9 Å². The van der Waals surface area contributed by atoms with E-state index in [1.54, 1.807) is 6.07 Å². The van der Waals surface area contributed by atoms with Crippen LogP contribution in [0.25, 0.3) is 0 Å². The number of nitrogens with one attached hydrogen (secondary N) is 1. The van der Waals surface area contributed by atoms with E-state index >= 15 is 0 Å². The molecule has 0 saturated carbocycles. The molecule has 0 amide bonds. The number of halogens is 3. The van der Waals surface area contributed by atoms with Crippen LogP contribution in [0, 0.1) is 5.82 Å². The lowest BCUT2D eigenvalue weighted by molar-refractivity contribution is 0.568. The molecule has 0 bridgehead atoms. The minimum atomic E-state index is -0.241. The molecular weight excluding hydrogens is 329 g/mol. The fourth-order valence-electron chi connectivity index (χ4n) is 1.81. The van der Waals surface area contributed by atoms with Crippen LogP contribution in [0.3, 0.4) is 0 Å². The van der Waals surface area contributed by atoms with Crippen molar-refractivity contribution in [3.8, 4) is 0 Å². The van der Waals surface area contributed by atoms with Crippen LogP contribution in [0.4, 0.5) is 4.39 Å². The van der Waals surface area contributed by atoms with Gasteiger partial charge in [-0.2, -0.15) is 0 Å². The van der Waals surface area contributed by atoms with Crippen molar-refractivity contribution in [2.24, 2.45) is 0 Å². The molecule has 0 fully saturated rings. The molecule has 100 valence electrons. The average Bonchev–Trinajstić information content (AvgIpc) is 2.40. The van der Waals surface area contributed by atoms with Crippen LogP contribution in [0.2, 0.25) is 5.02 Å². The summed E-state index contributed by atoms with van der Waals surface area (Å²) in [6, 6.07) is 13.0. The van der Waals surface area contributed by atoms with Crippen LogP contribution in [0.15, 0.2) is 46.9 Å². The maximum atomic E-state index is 13.4. The molecule has 0 heterocycles. The van der Waals surface area contributed by atoms with E-state index in [0.29, 0.717) is 11.0 Å². The summed E-state index contributed by atoms with van der Waals surface area (Å²) in [7, 11) is 0. The first-order chi connectivity index (χ1) is 9.06. The molecule has 1 nitrogen and oxygen atoms in total. The van der Waals surface area contributed by atoms with Crippen molar-refractivity contribution in [3.05, 3.63) is 68.9 Å². The van der Waals surface area contributed by atoms with E-state index in [2.05, 4.69) is 28.2 Å². The van der Waals surface area contributed by atoms with Gasteiger partial charge in [0.15, 0.2) is 0 Å². The van der Waals surface area contributed by atoms with E-state index in [0.717, 1.165) is 16.1 Å². The molecule has 0 saturated heterocycles. The molecule has 1 N–H and O–H groups in total. The third-order valence-electron chi connectivity index (χ3n) is 2.95. The lowest BCUT2D eigenvalue weighted by atomic mass is 10.1. The highest BCUT2D eigenvalue weighted by Crippen LogP contribution is 2.19. The van der Waals surface area contributed by atoms with Gasteiger partial charge in [0.25, 0.3) is 0 Å². The fraction of sp³-hybridized carbons (Fsp3) is 0.200. The van der Waals surface area contributed by atoms with Crippen molar-refractivity contribution >= 4 is 27.5 Å². The molecule has 19 heavy (non-hydrogen) atoms. The van der Waals surface area contributed by atoms with Gasteiger partial charge < -0.3 is 5.32 Å². The summed E-state index contributed by atoms with van der Waals surface area (Å²) in [5.74, 6) is -0.241. The van der Waals surface area contributed by atoms with E-state index in [1.807, 2.05) is 30.3 Å². The highest BCUT2D eigenvalue weighted by Gasteiger charge is 2.06. The van der Waals surface area contributed by atoms with Gasteiger partial charge in [0.1, 0.15) is 5.82 Å². The van der Waals surface area contributed by atoms with Crippen molar-refractivity contribution in [1.29, 1.82) is 0 Å². The largest absolute Gasteiger partial charge is 0.306 e. The van der Waals surface area contributed by atoms with Crippen LogP contribution in [-0.4, -0.2) is 0 Å². The Kier molecular flexibility index (Phi) is 4.97. The van der Waals surface area contributed by atoms with Gasteiger partial charge in [-0.25, -0.2) is 4.39 Å². The number of rotatable bonds is 4. The van der Waals surface area contributed by atoms with Gasteiger partial charge in [0, 0.05) is 17.6 Å². The minimum absolute atomic E-state index is 0.158. The van der Waals surface area contributed by atoms with Crippen molar-refractivity contribution in [1.82, 2.24) is 5.32 Å². The highest BCUT2D eigenvalue weighted by molar-refractivity contribution is 9.10. The first kappa shape index (κ1) is 14.5. The van der Waals surface area contributed by atoms with Crippen molar-refractivity contribution < 1.29 is 4.39 Å². The fourth-order valence-corrected chi connectivity index (χ4v) is 2.26. The second-order valence-electron chi connectivity index (χ2n) is 4.41. The molecular formula is C15H14BrClFN. The van der Waals surface area contributed by atoms with E-state index in [1.165, 1.54) is 6.07 Å². The van der Waals surface area contributed by atoms with Gasteiger partial charge in [-0.05, 0) is 58.2 Å². The lowest BCUT2D eigenvalue weighted by Gasteiger charge is -2.14. The average molecular weight is 343 g/mol. The number of hydrogen-bond acceptors (Lipinski definition) is 1. The van der Waals surface area contributed by atoms with Gasteiger partial charge in [0.2, 0.25) is 0 Å². The van der Waals surface area contributed by atoms with Crippen molar-refractivity contribution in [3.63, 3.8) is 0 Å². The monoisotopic (exact) mass is 341 g/mol. The quantitative estimate of drug-likeness (QED) is 0.816. The summed E-state index contributed by atoms with van der Waals surface area (Å²) >= 11 is 9.11. The summed E-state index contributed by atoms with van der Waals surface area (Å²) in [5.41, 5.74) is 2.03. The van der Waals surface area contributed by atoms with Crippen LogP contribution in [-0.2, 0) is 6.54 Å². The third kappa shape index (κ3) is 4.03. The molecule has 0 aromatic heterocycles. The summed E-state index contributed by atoms with van der Waals surface area (Å²) in [5, 5.41) is 4.07. The number of hydrogen-bond donors (Lipinski definition) is 1. The number of benzene rings is 2. The van der Waals surface area contributed by atoms with Crippen molar-refractivity contribution in [2.45, 2.75) is 19.5 Å². The Morgan fingerprint density at radius 2 is 2.05 bits per heavy atom. The SMILES string of the molecule is C[C@@H](NCc1ccc(Br)c(F)c1)c1cccc(Cl)c1. The Bertz CT molecular complexity index is 574. The lowest BCUT2D eigenvalue weighted by Crippen LogP contribution is -2.18. The molecule has 0 unspecified atom stereocenters. The predicted octanol–water partition coefficient (Wildman–Crippen LogP) is 5.09. The maximum absolute atomic E-state index is 13.4. The van der Waals surface area contributed by atoms with Crippen LogP contribution >= 0.6 is 27.5 Å². The zero-order valence-electron chi connectivity index (χ0n) is 10.5. The van der Waals surface area contributed by atoms with Crippen LogP contribution in [0.5, 0.6) is 0 Å². The molecule has 0 spiro atoms. The van der Waals surface area contributed by atoms with E-state index < -0.39 is 0 Å². The Balaban J connectivity index is 2.00. The van der Waals surface area contributed by atoms with Gasteiger partial charge in [-0.15, -0.1) is 0 Å². The van der Waals surface area contributed by atoms with Crippen LogP contribution in [0.1, 0.15) is 24.1 Å². The van der Waals surface area contributed by atoms with Crippen molar-refractivity contribution in [2.75, 3.05) is 0 Å². The standard InChI is InChI=1S/C15H14BrClFN/c1-10(12-3-2-4-13(17)8-12)19-9-11-5-6-14(16)15(18)7-11/h2-8,10,19H,9H2,1H3/t10-/m1/s1. The molecule has 0 radical (unpaired) electrons. The molecule has 0 aliphatic rings. The van der Waals surface area contributed by atoms with Gasteiger partial charge in [0.05, 0.1) is 4.47 Å². The summed E-state index contributed by atoms with van der Waals surface area (Å²) < 4.78 is 13.9. The summed E-state index contributed by atoms with van der Waals surface area (Å²) in [4.78, 5) is 0. The van der Waals surface area contributed by atoms with Gasteiger partial charge in [-0.3, -0.25) is 0 Å². The first-order valence-corrected chi connectivity index (χ1v) is 7.16. The molecule has 0 aliphatic carbocycles. The Labute approximate surface area is 125 Å². The second kappa shape index (κ2) is 6.51. The smallest absolute Gasteiger partial charge is 0.137 e. The van der Waals surface area contributed by atoms with E-state index in [9.17, 15) is 4.39 Å². The molecule has 2 aromatic carbocycles. The molecule has 0 aliphatic heterocycles. The molecule has 2 aromatic rings. The first-order valence-electron chi connectivity index (χ1n) is 5.99. The maximum Gasteiger partial charge on any atom is 0.137 e. The highest BCUT2D eigenvalue weighted by atomic mass is 79.9. The third-order valence-corrected chi connectivity index (χ3v) is 3.82. The second-order valence-corrected chi connectivity index (χ2v) is 5.70. The molecule has 1 atom stereocenters. The van der Waals surface area contributed by atoms with Crippen LogP contribution < -0.4 is 5.32 Å². The Morgan fingerprint density at radius 1 is 1.26 bits per heavy atom. The van der Waals surface area contributed by atoms with E-state index in [4.69, 9.17) is 11.6 Å². The topological polar surface area (TPSA) is 12.0 Å².